The lowest BCUT2D eigenvalue weighted by Crippen LogP contribution is -1.86. The molecule has 0 spiro atoms. The zero-order valence-corrected chi connectivity index (χ0v) is 6.33. The van der Waals surface area contributed by atoms with Crippen molar-refractivity contribution in [2.45, 2.75) is 13.5 Å². The summed E-state index contributed by atoms with van der Waals surface area (Å²) in [5.74, 6) is -0.237. The van der Waals surface area contributed by atoms with E-state index in [1.165, 1.54) is 0 Å². The Morgan fingerprint density at radius 2 is 1.91 bits per heavy atom. The highest BCUT2D eigenvalue weighted by atomic mass is 16.6. The topological polar surface area (TPSA) is 83.8 Å². The van der Waals surface area contributed by atoms with E-state index in [2.05, 4.69) is 8.83 Å². The van der Waals surface area contributed by atoms with Crippen molar-refractivity contribution in [2.24, 2.45) is 0 Å². The fourth-order valence-electron chi connectivity index (χ4n) is 0.519. The van der Waals surface area contributed by atoms with Gasteiger partial charge in [-0.3, -0.25) is 0 Å². The Bertz CT molecular complexity index is 246. The number of aliphatic hydroxyl groups is 2. The van der Waals surface area contributed by atoms with Gasteiger partial charge >= 0.3 is 5.82 Å². The average Bonchev–Trinajstić information content (AvgIpc) is 2.33. The lowest BCUT2D eigenvalue weighted by atomic mass is 10.4. The predicted octanol–water partition coefficient (Wildman–Crippen LogP) is -0.358. The Hall–Kier alpha value is -1.07. The summed E-state index contributed by atoms with van der Waals surface area (Å²) in [6.45, 7) is 1.26. The van der Waals surface area contributed by atoms with Crippen molar-refractivity contribution in [2.75, 3.05) is 7.11 Å². The van der Waals surface area contributed by atoms with Gasteiger partial charge in [-0.15, -0.1) is 0 Å². The van der Waals surface area contributed by atoms with Crippen LogP contribution in [0.3, 0.4) is 0 Å². The van der Waals surface area contributed by atoms with Crippen molar-refractivity contribution in [3.8, 4) is 0 Å². The van der Waals surface area contributed by atoms with Gasteiger partial charge in [-0.05, 0) is 6.92 Å². The maximum atomic E-state index is 10.2. The molecule has 2 N–H and O–H groups in total. The number of hydrogen-bond acceptors (Lipinski definition) is 5. The maximum Gasteiger partial charge on any atom is 0.519 e. The Kier molecular flexibility index (Phi) is 4.24. The van der Waals surface area contributed by atoms with Gasteiger partial charge in [0.25, 0.3) is 0 Å². The number of hydrogen-bond donors (Lipinski definition) is 2. The lowest BCUT2D eigenvalue weighted by Gasteiger charge is -1.82. The maximum absolute atomic E-state index is 10.2. The average molecular weight is 162 g/mol. The van der Waals surface area contributed by atoms with Crippen molar-refractivity contribution in [3.63, 3.8) is 0 Å². The van der Waals surface area contributed by atoms with Crippen LogP contribution in [-0.4, -0.2) is 17.3 Å². The van der Waals surface area contributed by atoms with Crippen LogP contribution in [0.5, 0.6) is 0 Å². The summed E-state index contributed by atoms with van der Waals surface area (Å²) in [5, 5.41) is 15.4. The highest BCUT2D eigenvalue weighted by Gasteiger charge is 2.04. The normalized spacial score (nSPS) is 8.73. The molecule has 0 saturated heterocycles. The Labute approximate surface area is 62.9 Å². The minimum Gasteiger partial charge on any atom is -0.400 e. The molecule has 0 aliphatic rings. The minimum absolute atomic E-state index is 0.194. The summed E-state index contributed by atoms with van der Waals surface area (Å²) < 4.78 is 8.81. The zero-order valence-electron chi connectivity index (χ0n) is 6.33. The molecule has 0 amide bonds. The highest BCUT2D eigenvalue weighted by Crippen LogP contribution is 2.02. The van der Waals surface area contributed by atoms with Crippen LogP contribution in [0.1, 0.15) is 11.5 Å². The molecule has 0 bridgehead atoms. The molecule has 0 aliphatic heterocycles. The third-order valence-electron chi connectivity index (χ3n) is 0.979. The van der Waals surface area contributed by atoms with Crippen LogP contribution in [0, 0.1) is 6.92 Å². The van der Waals surface area contributed by atoms with Gasteiger partial charge < -0.3 is 19.0 Å². The Balaban J connectivity index is 0.000000461. The van der Waals surface area contributed by atoms with Crippen molar-refractivity contribution in [1.82, 2.24) is 0 Å². The van der Waals surface area contributed by atoms with Crippen LogP contribution < -0.4 is 5.82 Å². The molecule has 1 rings (SSSR count). The van der Waals surface area contributed by atoms with Crippen molar-refractivity contribution >= 4 is 0 Å². The van der Waals surface area contributed by atoms with E-state index in [4.69, 9.17) is 10.2 Å². The van der Waals surface area contributed by atoms with Gasteiger partial charge in [0.1, 0.15) is 12.4 Å². The van der Waals surface area contributed by atoms with E-state index in [0.717, 1.165) is 7.11 Å². The molecule has 1 aromatic rings. The van der Waals surface area contributed by atoms with Crippen LogP contribution in [0.2, 0.25) is 0 Å². The molecule has 0 atom stereocenters. The molecular weight excluding hydrogens is 152 g/mol. The van der Waals surface area contributed by atoms with E-state index in [1.54, 1.807) is 6.92 Å². The molecule has 1 heterocycles. The fourth-order valence-corrected chi connectivity index (χ4v) is 0.519. The van der Waals surface area contributed by atoms with Gasteiger partial charge in [-0.2, -0.15) is 0 Å². The zero-order chi connectivity index (χ0) is 8.85. The molecule has 0 aliphatic carbocycles. The molecule has 0 saturated carbocycles. The second kappa shape index (κ2) is 4.70. The summed E-state index contributed by atoms with van der Waals surface area (Å²) in [6, 6.07) is 0. The van der Waals surface area contributed by atoms with E-state index in [9.17, 15) is 4.79 Å². The first kappa shape index (κ1) is 9.93. The van der Waals surface area contributed by atoms with Gasteiger partial charge in [-0.25, -0.2) is 4.79 Å². The molecular formula is C6H10O5. The van der Waals surface area contributed by atoms with E-state index in [0.29, 0.717) is 5.76 Å². The van der Waals surface area contributed by atoms with Crippen LogP contribution >= 0.6 is 0 Å². The van der Waals surface area contributed by atoms with Gasteiger partial charge in [0.05, 0.1) is 0 Å². The molecule has 1 aromatic heterocycles. The van der Waals surface area contributed by atoms with Crippen molar-refractivity contribution < 1.29 is 19.0 Å². The standard InChI is InChI=1S/C5H6O4.CH4O/c1-3-4(2-6)9-5(7)8-3;1-2/h6H,2H2,1H3;2H,1H3. The summed E-state index contributed by atoms with van der Waals surface area (Å²) in [4.78, 5) is 10.2. The van der Waals surface area contributed by atoms with Gasteiger partial charge in [0.2, 0.25) is 0 Å². The largest absolute Gasteiger partial charge is 0.519 e. The monoisotopic (exact) mass is 162 g/mol. The minimum atomic E-state index is -0.767. The smallest absolute Gasteiger partial charge is 0.400 e. The fraction of sp³-hybridized carbons (Fsp3) is 0.500. The highest BCUT2D eigenvalue weighted by molar-refractivity contribution is 4.97. The summed E-state index contributed by atoms with van der Waals surface area (Å²) in [6.07, 6.45) is 0. The molecule has 11 heavy (non-hydrogen) atoms. The summed E-state index contributed by atoms with van der Waals surface area (Å²) in [5.41, 5.74) is 0. The summed E-state index contributed by atoms with van der Waals surface area (Å²) in [7, 11) is 1.00. The van der Waals surface area contributed by atoms with E-state index >= 15 is 0 Å². The first-order chi connectivity index (χ1) is 5.24. The quantitative estimate of drug-likeness (QED) is 0.589. The van der Waals surface area contributed by atoms with E-state index in [-0.39, 0.29) is 12.4 Å². The van der Waals surface area contributed by atoms with Crippen LogP contribution in [-0.2, 0) is 6.61 Å². The lowest BCUT2D eigenvalue weighted by molar-refractivity contribution is 0.241. The van der Waals surface area contributed by atoms with Crippen molar-refractivity contribution in [3.05, 3.63) is 22.1 Å². The predicted molar refractivity (Wildman–Crippen MR) is 36.0 cm³/mol. The molecule has 5 nitrogen and oxygen atoms in total. The molecule has 0 aromatic carbocycles. The van der Waals surface area contributed by atoms with Gasteiger partial charge in [0.15, 0.2) is 5.76 Å². The second-order valence-corrected chi connectivity index (χ2v) is 1.59. The number of rotatable bonds is 1. The third kappa shape index (κ3) is 2.57. The SMILES string of the molecule is CO.Cc1oc(=O)oc1CO. The molecule has 0 unspecified atom stereocenters. The second-order valence-electron chi connectivity index (χ2n) is 1.59. The van der Waals surface area contributed by atoms with Crippen LogP contribution in [0.4, 0.5) is 0 Å². The Morgan fingerprint density at radius 3 is 2.09 bits per heavy atom. The molecule has 64 valence electrons. The first-order valence-corrected chi connectivity index (χ1v) is 2.89. The number of aliphatic hydroxyl groups excluding tert-OH is 2. The van der Waals surface area contributed by atoms with Gasteiger partial charge in [-0.1, -0.05) is 0 Å². The Morgan fingerprint density at radius 1 is 1.36 bits per heavy atom. The molecule has 5 heteroatoms. The third-order valence-corrected chi connectivity index (χ3v) is 0.979. The number of aryl methyl sites for hydroxylation is 1. The van der Waals surface area contributed by atoms with Crippen molar-refractivity contribution in [1.29, 1.82) is 0 Å². The molecule has 0 fully saturated rings. The van der Waals surface area contributed by atoms with Gasteiger partial charge in [0, 0.05) is 7.11 Å². The van der Waals surface area contributed by atoms with Crippen LogP contribution in [0.15, 0.2) is 13.6 Å². The van der Waals surface area contributed by atoms with Crippen LogP contribution in [0.25, 0.3) is 0 Å². The first-order valence-electron chi connectivity index (χ1n) is 2.89. The summed E-state index contributed by atoms with van der Waals surface area (Å²) >= 11 is 0. The van der Waals surface area contributed by atoms with E-state index < -0.39 is 5.82 Å². The van der Waals surface area contributed by atoms with E-state index in [1.807, 2.05) is 0 Å². The molecule has 0 radical (unpaired) electrons.